The molecule has 1 N–H and O–H groups in total. The van der Waals surface area contributed by atoms with Gasteiger partial charge in [0, 0.05) is 12.8 Å². The third kappa shape index (κ3) is 4.56. The Hall–Kier alpha value is -3.73. The summed E-state index contributed by atoms with van der Waals surface area (Å²) in [5, 5.41) is 0. The molecule has 162 valence electrons. The van der Waals surface area contributed by atoms with Gasteiger partial charge in [-0.2, -0.15) is 0 Å². The highest BCUT2D eigenvalue weighted by molar-refractivity contribution is 7.92. The average molecular weight is 446 g/mol. The number of ether oxygens (including phenoxy) is 2. The van der Waals surface area contributed by atoms with Gasteiger partial charge in [0.05, 0.1) is 41.6 Å². The molecule has 0 aliphatic carbocycles. The number of nitrogens with one attached hydrogen (secondary N) is 1. The first kappa shape index (κ1) is 22.0. The van der Waals surface area contributed by atoms with Gasteiger partial charge < -0.3 is 9.47 Å². The second-order valence-corrected chi connectivity index (χ2v) is 8.19. The summed E-state index contributed by atoms with van der Waals surface area (Å²) in [6.07, 6.45) is 0.221. The first-order chi connectivity index (χ1) is 14.7. The lowest BCUT2D eigenvalue weighted by atomic mass is 10.1. The average Bonchev–Trinajstić information content (AvgIpc) is 3.10. The van der Waals surface area contributed by atoms with Crippen LogP contribution in [0.3, 0.4) is 0 Å². The number of nitrogens with zero attached hydrogens (tertiary/aromatic N) is 1. The van der Waals surface area contributed by atoms with Gasteiger partial charge in [-0.1, -0.05) is 0 Å². The Balaban J connectivity index is 1.91. The number of carbonyl (C=O) groups is 4. The van der Waals surface area contributed by atoms with E-state index in [4.69, 9.17) is 0 Å². The molecule has 0 saturated carbocycles. The van der Waals surface area contributed by atoms with Crippen LogP contribution in [0, 0.1) is 0 Å². The quantitative estimate of drug-likeness (QED) is 0.523. The fourth-order valence-electron chi connectivity index (χ4n) is 3.01. The van der Waals surface area contributed by atoms with E-state index in [0.717, 1.165) is 19.1 Å². The fourth-order valence-corrected chi connectivity index (χ4v) is 4.05. The topological polar surface area (TPSA) is 136 Å². The van der Waals surface area contributed by atoms with Crippen LogP contribution in [-0.4, -0.2) is 46.4 Å². The van der Waals surface area contributed by atoms with Crippen molar-refractivity contribution in [3.05, 3.63) is 53.6 Å². The summed E-state index contributed by atoms with van der Waals surface area (Å²) < 4.78 is 37.1. The standard InChI is InChI=1S/C20H18N2O8S/c1-29-19(25)12-9-13(20(26)30-2)11-14(10-12)21-31(27,28)16-5-3-15(4-6-16)22-17(23)7-8-18(22)24/h3-6,9-11,21H,7-8H2,1-2H3. The summed E-state index contributed by atoms with van der Waals surface area (Å²) in [5.41, 5.74) is 0.110. The molecule has 3 rings (SSSR count). The van der Waals surface area contributed by atoms with E-state index in [-0.39, 0.29) is 52.1 Å². The number of anilines is 2. The molecule has 0 atom stereocenters. The Kier molecular flexibility index (Phi) is 6.07. The predicted octanol–water partition coefficient (Wildman–Crippen LogP) is 1.71. The lowest BCUT2D eigenvalue weighted by molar-refractivity contribution is -0.121. The van der Waals surface area contributed by atoms with E-state index in [1.165, 1.54) is 42.5 Å². The van der Waals surface area contributed by atoms with E-state index >= 15 is 0 Å². The molecule has 0 aromatic heterocycles. The Bertz CT molecular complexity index is 1120. The number of imide groups is 1. The zero-order valence-electron chi connectivity index (χ0n) is 16.6. The molecule has 2 aromatic rings. The molecule has 10 nitrogen and oxygen atoms in total. The number of amides is 2. The van der Waals surface area contributed by atoms with Crippen LogP contribution in [0.4, 0.5) is 11.4 Å². The lowest BCUT2D eigenvalue weighted by Crippen LogP contribution is -2.28. The summed E-state index contributed by atoms with van der Waals surface area (Å²) in [7, 11) is -1.83. The van der Waals surface area contributed by atoms with Crippen molar-refractivity contribution in [1.82, 2.24) is 0 Å². The Labute approximate surface area is 177 Å². The number of carbonyl (C=O) groups excluding carboxylic acids is 4. The molecule has 11 heteroatoms. The summed E-state index contributed by atoms with van der Waals surface area (Å²) in [4.78, 5) is 48.3. The third-order valence-corrected chi connectivity index (χ3v) is 5.88. The minimum atomic E-state index is -4.12. The summed E-state index contributed by atoms with van der Waals surface area (Å²) >= 11 is 0. The van der Waals surface area contributed by atoms with Crippen LogP contribution in [0.1, 0.15) is 33.6 Å². The van der Waals surface area contributed by atoms with Gasteiger partial charge in [0.2, 0.25) is 11.8 Å². The van der Waals surface area contributed by atoms with Crippen molar-refractivity contribution < 1.29 is 37.1 Å². The Morgan fingerprint density at radius 2 is 1.35 bits per heavy atom. The van der Waals surface area contributed by atoms with Crippen LogP contribution in [0.15, 0.2) is 47.4 Å². The van der Waals surface area contributed by atoms with Crippen molar-refractivity contribution in [1.29, 1.82) is 0 Å². The molecule has 0 spiro atoms. The molecule has 1 fully saturated rings. The van der Waals surface area contributed by atoms with Crippen molar-refractivity contribution in [3.63, 3.8) is 0 Å². The predicted molar refractivity (Wildman–Crippen MR) is 108 cm³/mol. The maximum Gasteiger partial charge on any atom is 0.337 e. The van der Waals surface area contributed by atoms with Crippen molar-refractivity contribution in [2.75, 3.05) is 23.8 Å². The molecule has 0 unspecified atom stereocenters. The molecule has 31 heavy (non-hydrogen) atoms. The van der Waals surface area contributed by atoms with Gasteiger partial charge in [-0.25, -0.2) is 18.0 Å². The van der Waals surface area contributed by atoms with E-state index in [9.17, 15) is 27.6 Å². The van der Waals surface area contributed by atoms with Gasteiger partial charge in [0.15, 0.2) is 0 Å². The van der Waals surface area contributed by atoms with Crippen LogP contribution in [0.2, 0.25) is 0 Å². The van der Waals surface area contributed by atoms with Crippen molar-refractivity contribution in [2.45, 2.75) is 17.7 Å². The second-order valence-electron chi connectivity index (χ2n) is 6.50. The van der Waals surface area contributed by atoms with Crippen LogP contribution in [0.25, 0.3) is 0 Å². The van der Waals surface area contributed by atoms with Crippen LogP contribution in [-0.2, 0) is 29.1 Å². The summed E-state index contributed by atoms with van der Waals surface area (Å²) in [6, 6.07) is 8.82. The molecule has 1 saturated heterocycles. The highest BCUT2D eigenvalue weighted by atomic mass is 32.2. The molecular weight excluding hydrogens is 428 g/mol. The molecule has 2 aromatic carbocycles. The molecule has 1 heterocycles. The number of rotatable bonds is 6. The Morgan fingerprint density at radius 1 is 0.871 bits per heavy atom. The largest absolute Gasteiger partial charge is 0.465 e. The molecule has 0 radical (unpaired) electrons. The molecule has 0 bridgehead atoms. The Morgan fingerprint density at radius 3 is 1.81 bits per heavy atom. The lowest BCUT2D eigenvalue weighted by Gasteiger charge is -2.15. The van der Waals surface area contributed by atoms with Crippen LogP contribution < -0.4 is 9.62 Å². The van der Waals surface area contributed by atoms with Crippen molar-refractivity contribution >= 4 is 45.2 Å². The second kappa shape index (κ2) is 8.56. The van der Waals surface area contributed by atoms with Crippen LogP contribution >= 0.6 is 0 Å². The summed E-state index contributed by atoms with van der Waals surface area (Å²) in [6.45, 7) is 0. The highest BCUT2D eigenvalue weighted by Crippen LogP contribution is 2.25. The third-order valence-electron chi connectivity index (χ3n) is 4.48. The maximum atomic E-state index is 12.8. The summed E-state index contributed by atoms with van der Waals surface area (Å²) in [5.74, 6) is -2.24. The molecule has 2 amide bonds. The number of methoxy groups -OCH3 is 2. The van der Waals surface area contributed by atoms with E-state index in [2.05, 4.69) is 14.2 Å². The molecule has 1 aliphatic rings. The normalized spacial score (nSPS) is 13.8. The minimum Gasteiger partial charge on any atom is -0.465 e. The number of benzene rings is 2. The first-order valence-corrected chi connectivity index (χ1v) is 10.4. The zero-order chi connectivity index (χ0) is 22.8. The monoisotopic (exact) mass is 446 g/mol. The van der Waals surface area contributed by atoms with Crippen molar-refractivity contribution in [2.24, 2.45) is 0 Å². The van der Waals surface area contributed by atoms with E-state index in [1.807, 2.05) is 0 Å². The van der Waals surface area contributed by atoms with Gasteiger partial charge in [0.25, 0.3) is 10.0 Å². The van der Waals surface area contributed by atoms with E-state index in [1.54, 1.807) is 0 Å². The first-order valence-electron chi connectivity index (χ1n) is 8.96. The van der Waals surface area contributed by atoms with Gasteiger partial charge in [-0.3, -0.25) is 19.2 Å². The number of hydrogen-bond donors (Lipinski definition) is 1. The SMILES string of the molecule is COC(=O)c1cc(NS(=O)(=O)c2ccc(N3C(=O)CCC3=O)cc2)cc(C(=O)OC)c1. The van der Waals surface area contributed by atoms with Crippen molar-refractivity contribution in [3.8, 4) is 0 Å². The number of sulfonamides is 1. The van der Waals surface area contributed by atoms with Crippen LogP contribution in [0.5, 0.6) is 0 Å². The fraction of sp³-hybridized carbons (Fsp3) is 0.200. The van der Waals surface area contributed by atoms with Gasteiger partial charge >= 0.3 is 11.9 Å². The van der Waals surface area contributed by atoms with E-state index in [0.29, 0.717) is 0 Å². The van der Waals surface area contributed by atoms with Gasteiger partial charge in [-0.05, 0) is 42.5 Å². The van der Waals surface area contributed by atoms with Gasteiger partial charge in [0.1, 0.15) is 0 Å². The molecule has 1 aliphatic heterocycles. The smallest absolute Gasteiger partial charge is 0.337 e. The maximum absolute atomic E-state index is 12.8. The van der Waals surface area contributed by atoms with Gasteiger partial charge in [-0.15, -0.1) is 0 Å². The molecular formula is C20H18N2O8S. The van der Waals surface area contributed by atoms with E-state index < -0.39 is 22.0 Å². The number of esters is 2. The highest BCUT2D eigenvalue weighted by Gasteiger charge is 2.30. The minimum absolute atomic E-state index is 0.0514. The number of hydrogen-bond acceptors (Lipinski definition) is 8. The zero-order valence-corrected chi connectivity index (χ0v) is 17.4.